The molecule has 5 nitrogen and oxygen atoms in total. The maximum absolute atomic E-state index is 12.4. The largest absolute Gasteiger partial charge is 0.339 e. The molecule has 0 atom stereocenters. The highest BCUT2D eigenvalue weighted by Crippen LogP contribution is 2.23. The summed E-state index contributed by atoms with van der Waals surface area (Å²) in [6, 6.07) is 13.6. The maximum atomic E-state index is 12.4. The fourth-order valence-corrected chi connectivity index (χ4v) is 2.30. The lowest BCUT2D eigenvalue weighted by Gasteiger charge is -2.18. The van der Waals surface area contributed by atoms with E-state index < -0.39 is 4.92 Å². The van der Waals surface area contributed by atoms with Gasteiger partial charge in [-0.25, -0.2) is 0 Å². The lowest BCUT2D eigenvalue weighted by Crippen LogP contribution is -2.30. The number of carbonyl (C=O) groups is 1. The quantitative estimate of drug-likeness (QED) is 0.624. The van der Waals surface area contributed by atoms with E-state index in [1.165, 1.54) is 12.1 Å². The molecule has 2 aromatic rings. The summed E-state index contributed by atoms with van der Waals surface area (Å²) in [6.45, 7) is 5.22. The number of benzene rings is 2. The van der Waals surface area contributed by atoms with Crippen molar-refractivity contribution in [2.24, 2.45) is 0 Å². The highest BCUT2D eigenvalue weighted by Gasteiger charge is 2.13. The molecular formula is C17H18N2O3. The standard InChI is InChI=1S/C17H18N2O3/c1-3-18(4-2)17(20)15-7-5-6-14(12-15)13-8-10-16(11-9-13)19(21)22/h5-12H,3-4H2,1-2H3. The van der Waals surface area contributed by atoms with Gasteiger partial charge in [0.15, 0.2) is 0 Å². The summed E-state index contributed by atoms with van der Waals surface area (Å²) in [6.07, 6.45) is 0. The van der Waals surface area contributed by atoms with Crippen molar-refractivity contribution in [3.05, 3.63) is 64.2 Å². The summed E-state index contributed by atoms with van der Waals surface area (Å²) in [4.78, 5) is 24.4. The van der Waals surface area contributed by atoms with E-state index in [0.717, 1.165) is 11.1 Å². The Bertz CT molecular complexity index is 677. The number of non-ortho nitro benzene ring substituents is 1. The zero-order valence-corrected chi connectivity index (χ0v) is 12.7. The van der Waals surface area contributed by atoms with E-state index in [2.05, 4.69) is 0 Å². The third-order valence-corrected chi connectivity index (χ3v) is 3.57. The second-order valence-corrected chi connectivity index (χ2v) is 4.86. The van der Waals surface area contributed by atoms with Gasteiger partial charge in [-0.1, -0.05) is 12.1 Å². The zero-order chi connectivity index (χ0) is 16.1. The fourth-order valence-electron chi connectivity index (χ4n) is 2.30. The maximum Gasteiger partial charge on any atom is 0.269 e. The first-order valence-electron chi connectivity index (χ1n) is 7.21. The average molecular weight is 298 g/mol. The van der Waals surface area contributed by atoms with Crippen LogP contribution in [0.5, 0.6) is 0 Å². The molecule has 0 heterocycles. The monoisotopic (exact) mass is 298 g/mol. The van der Waals surface area contributed by atoms with Crippen molar-refractivity contribution in [1.29, 1.82) is 0 Å². The molecule has 0 unspecified atom stereocenters. The van der Waals surface area contributed by atoms with Gasteiger partial charge in [-0.15, -0.1) is 0 Å². The molecule has 0 saturated heterocycles. The van der Waals surface area contributed by atoms with Gasteiger partial charge in [0.2, 0.25) is 0 Å². The molecule has 0 aliphatic rings. The summed E-state index contributed by atoms with van der Waals surface area (Å²) in [5, 5.41) is 10.7. The molecule has 0 N–H and O–H groups in total. The highest BCUT2D eigenvalue weighted by atomic mass is 16.6. The topological polar surface area (TPSA) is 63.5 Å². The van der Waals surface area contributed by atoms with E-state index in [-0.39, 0.29) is 11.6 Å². The third kappa shape index (κ3) is 3.31. The first kappa shape index (κ1) is 15.7. The first-order valence-corrected chi connectivity index (χ1v) is 7.21. The Hall–Kier alpha value is -2.69. The number of carbonyl (C=O) groups excluding carboxylic acids is 1. The van der Waals surface area contributed by atoms with Crippen LogP contribution in [-0.4, -0.2) is 28.8 Å². The van der Waals surface area contributed by atoms with Crippen LogP contribution in [0.4, 0.5) is 5.69 Å². The number of hydrogen-bond acceptors (Lipinski definition) is 3. The molecule has 114 valence electrons. The fraction of sp³-hybridized carbons (Fsp3) is 0.235. The van der Waals surface area contributed by atoms with Crippen LogP contribution in [0.3, 0.4) is 0 Å². The average Bonchev–Trinajstić information content (AvgIpc) is 2.56. The molecule has 0 spiro atoms. The second-order valence-electron chi connectivity index (χ2n) is 4.86. The predicted octanol–water partition coefficient (Wildman–Crippen LogP) is 3.74. The Morgan fingerprint density at radius 3 is 2.23 bits per heavy atom. The van der Waals surface area contributed by atoms with E-state index >= 15 is 0 Å². The van der Waals surface area contributed by atoms with Crippen LogP contribution >= 0.6 is 0 Å². The van der Waals surface area contributed by atoms with Gasteiger partial charge >= 0.3 is 0 Å². The Balaban J connectivity index is 2.32. The van der Waals surface area contributed by atoms with Crippen molar-refractivity contribution in [3.63, 3.8) is 0 Å². The number of rotatable bonds is 5. The Morgan fingerprint density at radius 1 is 1.05 bits per heavy atom. The Labute approximate surface area is 129 Å². The van der Waals surface area contributed by atoms with E-state index in [0.29, 0.717) is 18.7 Å². The predicted molar refractivity (Wildman–Crippen MR) is 85.8 cm³/mol. The number of amides is 1. The van der Waals surface area contributed by atoms with Gasteiger partial charge in [0.25, 0.3) is 11.6 Å². The van der Waals surface area contributed by atoms with Crippen LogP contribution in [-0.2, 0) is 0 Å². The minimum Gasteiger partial charge on any atom is -0.339 e. The number of nitro benzene ring substituents is 1. The minimum atomic E-state index is -0.426. The second kappa shape index (κ2) is 6.85. The highest BCUT2D eigenvalue weighted by molar-refractivity contribution is 5.95. The minimum absolute atomic E-state index is 0.00578. The molecule has 5 heteroatoms. The Kier molecular flexibility index (Phi) is 4.88. The first-order chi connectivity index (χ1) is 10.6. The van der Waals surface area contributed by atoms with Gasteiger partial charge in [0.1, 0.15) is 0 Å². The number of nitrogens with zero attached hydrogens (tertiary/aromatic N) is 2. The van der Waals surface area contributed by atoms with Gasteiger partial charge in [-0.05, 0) is 49.2 Å². The van der Waals surface area contributed by atoms with Crippen LogP contribution in [0.1, 0.15) is 24.2 Å². The summed E-state index contributed by atoms with van der Waals surface area (Å²) in [5.74, 6) is -0.00578. The summed E-state index contributed by atoms with van der Waals surface area (Å²) >= 11 is 0. The van der Waals surface area contributed by atoms with E-state index in [1.54, 1.807) is 23.1 Å². The molecule has 0 aliphatic carbocycles. The smallest absolute Gasteiger partial charge is 0.269 e. The van der Waals surface area contributed by atoms with Crippen LogP contribution in [0.15, 0.2) is 48.5 Å². The van der Waals surface area contributed by atoms with Gasteiger partial charge in [-0.2, -0.15) is 0 Å². The summed E-state index contributed by atoms with van der Waals surface area (Å²) in [5.41, 5.74) is 2.39. The van der Waals surface area contributed by atoms with E-state index in [4.69, 9.17) is 0 Å². The van der Waals surface area contributed by atoms with Crippen molar-refractivity contribution < 1.29 is 9.72 Å². The molecule has 0 saturated carbocycles. The molecule has 0 radical (unpaired) electrons. The van der Waals surface area contributed by atoms with Crippen LogP contribution in [0.2, 0.25) is 0 Å². The lowest BCUT2D eigenvalue weighted by molar-refractivity contribution is -0.384. The molecule has 2 rings (SSSR count). The van der Waals surface area contributed by atoms with Crippen molar-refractivity contribution >= 4 is 11.6 Å². The number of hydrogen-bond donors (Lipinski definition) is 0. The third-order valence-electron chi connectivity index (χ3n) is 3.57. The van der Waals surface area contributed by atoms with Crippen molar-refractivity contribution in [3.8, 4) is 11.1 Å². The molecule has 1 amide bonds. The van der Waals surface area contributed by atoms with Crippen molar-refractivity contribution in [2.45, 2.75) is 13.8 Å². The SMILES string of the molecule is CCN(CC)C(=O)c1cccc(-c2ccc([N+](=O)[O-])cc2)c1. The molecular weight excluding hydrogens is 280 g/mol. The summed E-state index contributed by atoms with van der Waals surface area (Å²) < 4.78 is 0. The van der Waals surface area contributed by atoms with Crippen molar-refractivity contribution in [1.82, 2.24) is 4.90 Å². The molecule has 0 aromatic heterocycles. The lowest BCUT2D eigenvalue weighted by atomic mass is 10.0. The van der Waals surface area contributed by atoms with Crippen molar-refractivity contribution in [2.75, 3.05) is 13.1 Å². The van der Waals surface area contributed by atoms with E-state index in [9.17, 15) is 14.9 Å². The number of nitro groups is 1. The molecule has 2 aromatic carbocycles. The molecule has 0 aliphatic heterocycles. The van der Waals surface area contributed by atoms with Crippen LogP contribution < -0.4 is 0 Å². The van der Waals surface area contributed by atoms with Gasteiger partial charge in [0.05, 0.1) is 4.92 Å². The van der Waals surface area contributed by atoms with Gasteiger partial charge in [0, 0.05) is 30.8 Å². The normalized spacial score (nSPS) is 10.3. The van der Waals surface area contributed by atoms with Gasteiger partial charge < -0.3 is 4.90 Å². The molecule has 0 fully saturated rings. The molecule has 22 heavy (non-hydrogen) atoms. The van der Waals surface area contributed by atoms with Crippen LogP contribution in [0, 0.1) is 10.1 Å². The van der Waals surface area contributed by atoms with E-state index in [1.807, 2.05) is 32.0 Å². The zero-order valence-electron chi connectivity index (χ0n) is 12.7. The summed E-state index contributed by atoms with van der Waals surface area (Å²) in [7, 11) is 0. The Morgan fingerprint density at radius 2 is 1.68 bits per heavy atom. The molecule has 0 bridgehead atoms. The van der Waals surface area contributed by atoms with Crippen LogP contribution in [0.25, 0.3) is 11.1 Å². The van der Waals surface area contributed by atoms with Gasteiger partial charge in [-0.3, -0.25) is 14.9 Å².